The minimum absolute atomic E-state index is 0.159. The monoisotopic (exact) mass is 309 g/mol. The Hall–Kier alpha value is -3.35. The van der Waals surface area contributed by atoms with Crippen LogP contribution in [-0.4, -0.2) is 25.9 Å². The van der Waals surface area contributed by atoms with Gasteiger partial charge >= 0.3 is 6.03 Å². The Morgan fingerprint density at radius 1 is 1.22 bits per heavy atom. The topological polar surface area (TPSA) is 92.1 Å². The lowest BCUT2D eigenvalue weighted by atomic mass is 10.2. The first-order chi connectivity index (χ1) is 11.1. The highest BCUT2D eigenvalue weighted by Gasteiger charge is 2.06. The van der Waals surface area contributed by atoms with E-state index < -0.39 is 0 Å². The van der Waals surface area contributed by atoms with Crippen LogP contribution in [0.3, 0.4) is 0 Å². The smallest absolute Gasteiger partial charge is 0.323 e. The quantitative estimate of drug-likeness (QED) is 0.649. The van der Waals surface area contributed by atoms with Crippen molar-refractivity contribution in [3.8, 4) is 11.6 Å². The number of hydrogen-bond acceptors (Lipinski definition) is 4. The van der Waals surface area contributed by atoms with Crippen LogP contribution in [0.2, 0.25) is 0 Å². The number of hydrogen-bond donors (Lipinski definition) is 3. The molecule has 3 aromatic rings. The van der Waals surface area contributed by atoms with Crippen LogP contribution in [0, 0.1) is 6.92 Å². The minimum atomic E-state index is -0.382. The Morgan fingerprint density at radius 2 is 2.09 bits per heavy atom. The summed E-state index contributed by atoms with van der Waals surface area (Å²) in [6, 6.07) is 9.66. The standard InChI is InChI=1S/C16H15N5O2/c1-11-9-13(22)4-5-14(11)20-16(23)19-12-3-6-15(17-10-12)21-8-2-7-18-21/h2-10,22H,1H3,(H2,19,20,23). The SMILES string of the molecule is Cc1cc(O)ccc1NC(=O)Nc1ccc(-n2cccn2)nc1. The van der Waals surface area contributed by atoms with Gasteiger partial charge in [-0.3, -0.25) is 0 Å². The van der Waals surface area contributed by atoms with E-state index in [1.807, 2.05) is 0 Å². The lowest BCUT2D eigenvalue weighted by Gasteiger charge is -2.10. The molecule has 2 heterocycles. The van der Waals surface area contributed by atoms with Crippen LogP contribution in [0.15, 0.2) is 55.0 Å². The van der Waals surface area contributed by atoms with Gasteiger partial charge in [-0.05, 0) is 48.9 Å². The third kappa shape index (κ3) is 3.46. The number of carbonyl (C=O) groups excluding carboxylic acids is 1. The van der Waals surface area contributed by atoms with Crippen molar-refractivity contribution in [1.82, 2.24) is 14.8 Å². The number of anilines is 2. The number of phenolic OH excluding ortho intramolecular Hbond substituents is 1. The van der Waals surface area contributed by atoms with Gasteiger partial charge in [0.2, 0.25) is 0 Å². The number of nitrogens with zero attached hydrogens (tertiary/aromatic N) is 3. The van der Waals surface area contributed by atoms with E-state index in [-0.39, 0.29) is 11.8 Å². The minimum Gasteiger partial charge on any atom is -0.508 e. The summed E-state index contributed by atoms with van der Waals surface area (Å²) in [6.45, 7) is 1.80. The summed E-state index contributed by atoms with van der Waals surface area (Å²) in [6.07, 6.45) is 5.01. The highest BCUT2D eigenvalue weighted by Crippen LogP contribution is 2.20. The number of aromatic nitrogens is 3. The number of amides is 2. The summed E-state index contributed by atoms with van der Waals surface area (Å²) in [5.74, 6) is 0.821. The molecule has 0 unspecified atom stereocenters. The Morgan fingerprint density at radius 3 is 2.74 bits per heavy atom. The summed E-state index contributed by atoms with van der Waals surface area (Å²) in [7, 11) is 0. The molecular weight excluding hydrogens is 294 g/mol. The van der Waals surface area contributed by atoms with E-state index in [4.69, 9.17) is 0 Å². The second-order valence-electron chi connectivity index (χ2n) is 4.93. The van der Waals surface area contributed by atoms with E-state index in [2.05, 4.69) is 20.7 Å². The fourth-order valence-electron chi connectivity index (χ4n) is 2.07. The lowest BCUT2D eigenvalue weighted by Crippen LogP contribution is -2.20. The second kappa shape index (κ2) is 6.18. The molecule has 3 rings (SSSR count). The third-order valence-electron chi connectivity index (χ3n) is 3.20. The molecular formula is C16H15N5O2. The van der Waals surface area contributed by atoms with Crippen LogP contribution in [0.25, 0.3) is 5.82 Å². The van der Waals surface area contributed by atoms with Gasteiger partial charge in [0.1, 0.15) is 5.75 Å². The van der Waals surface area contributed by atoms with Gasteiger partial charge in [-0.2, -0.15) is 5.10 Å². The van der Waals surface area contributed by atoms with Gasteiger partial charge < -0.3 is 15.7 Å². The average Bonchev–Trinajstić information content (AvgIpc) is 3.05. The van der Waals surface area contributed by atoms with Crippen LogP contribution < -0.4 is 10.6 Å². The molecule has 2 amide bonds. The fourth-order valence-corrected chi connectivity index (χ4v) is 2.07. The molecule has 0 spiro atoms. The number of pyridine rings is 1. The van der Waals surface area contributed by atoms with Crippen molar-refractivity contribution in [1.29, 1.82) is 0 Å². The molecule has 0 aliphatic heterocycles. The van der Waals surface area contributed by atoms with Gasteiger partial charge in [-0.25, -0.2) is 14.5 Å². The Kier molecular flexibility index (Phi) is 3.92. The van der Waals surface area contributed by atoms with Gasteiger partial charge in [-0.1, -0.05) is 0 Å². The summed E-state index contributed by atoms with van der Waals surface area (Å²) in [4.78, 5) is 16.2. The van der Waals surface area contributed by atoms with E-state index in [1.165, 1.54) is 6.07 Å². The number of phenols is 1. The van der Waals surface area contributed by atoms with Crippen LogP contribution in [0.5, 0.6) is 5.75 Å². The number of rotatable bonds is 3. The zero-order chi connectivity index (χ0) is 16.2. The number of aryl methyl sites for hydroxylation is 1. The maximum absolute atomic E-state index is 12.0. The average molecular weight is 309 g/mol. The molecule has 0 saturated carbocycles. The molecule has 7 nitrogen and oxygen atoms in total. The van der Waals surface area contributed by atoms with Crippen molar-refractivity contribution in [2.75, 3.05) is 10.6 Å². The van der Waals surface area contributed by atoms with Gasteiger partial charge in [-0.15, -0.1) is 0 Å². The molecule has 23 heavy (non-hydrogen) atoms. The maximum Gasteiger partial charge on any atom is 0.323 e. The number of nitrogens with one attached hydrogen (secondary N) is 2. The van der Waals surface area contributed by atoms with Crippen molar-refractivity contribution in [2.24, 2.45) is 0 Å². The fraction of sp³-hybridized carbons (Fsp3) is 0.0625. The number of carbonyl (C=O) groups is 1. The number of aromatic hydroxyl groups is 1. The summed E-state index contributed by atoms with van der Waals surface area (Å²) in [5.41, 5.74) is 1.96. The lowest BCUT2D eigenvalue weighted by molar-refractivity contribution is 0.262. The van der Waals surface area contributed by atoms with E-state index in [9.17, 15) is 9.90 Å². The molecule has 0 atom stereocenters. The van der Waals surface area contributed by atoms with Gasteiger partial charge in [0.05, 0.1) is 11.9 Å². The Balaban J connectivity index is 1.66. The van der Waals surface area contributed by atoms with Gasteiger partial charge in [0.25, 0.3) is 0 Å². The Labute approximate surface area is 132 Å². The molecule has 2 aromatic heterocycles. The molecule has 3 N–H and O–H groups in total. The highest BCUT2D eigenvalue weighted by molar-refractivity contribution is 6.00. The van der Waals surface area contributed by atoms with Gasteiger partial charge in [0.15, 0.2) is 5.82 Å². The molecule has 0 radical (unpaired) electrons. The van der Waals surface area contributed by atoms with Crippen molar-refractivity contribution < 1.29 is 9.90 Å². The zero-order valence-electron chi connectivity index (χ0n) is 12.4. The molecule has 116 valence electrons. The molecule has 7 heteroatoms. The first kappa shape index (κ1) is 14.6. The molecule has 1 aromatic carbocycles. The predicted molar refractivity (Wildman–Crippen MR) is 86.8 cm³/mol. The summed E-state index contributed by atoms with van der Waals surface area (Å²) >= 11 is 0. The van der Waals surface area contributed by atoms with E-state index in [1.54, 1.807) is 60.5 Å². The molecule has 0 aliphatic rings. The normalized spacial score (nSPS) is 10.3. The largest absolute Gasteiger partial charge is 0.508 e. The first-order valence-electron chi connectivity index (χ1n) is 6.95. The third-order valence-corrected chi connectivity index (χ3v) is 3.20. The second-order valence-corrected chi connectivity index (χ2v) is 4.93. The molecule has 0 bridgehead atoms. The highest BCUT2D eigenvalue weighted by atomic mass is 16.3. The van der Waals surface area contributed by atoms with Crippen molar-refractivity contribution in [3.63, 3.8) is 0 Å². The van der Waals surface area contributed by atoms with Crippen molar-refractivity contribution in [3.05, 3.63) is 60.6 Å². The summed E-state index contributed by atoms with van der Waals surface area (Å²) in [5, 5.41) is 18.9. The van der Waals surface area contributed by atoms with Crippen LogP contribution in [0.1, 0.15) is 5.56 Å². The van der Waals surface area contributed by atoms with Crippen LogP contribution in [0.4, 0.5) is 16.2 Å². The zero-order valence-corrected chi connectivity index (χ0v) is 12.4. The van der Waals surface area contributed by atoms with Crippen molar-refractivity contribution >= 4 is 17.4 Å². The van der Waals surface area contributed by atoms with Gasteiger partial charge in [0, 0.05) is 18.1 Å². The van der Waals surface area contributed by atoms with E-state index >= 15 is 0 Å². The molecule has 0 saturated heterocycles. The van der Waals surface area contributed by atoms with E-state index in [0.29, 0.717) is 17.2 Å². The summed E-state index contributed by atoms with van der Waals surface area (Å²) < 4.78 is 1.63. The predicted octanol–water partition coefficient (Wildman–Crippen LogP) is 2.93. The first-order valence-corrected chi connectivity index (χ1v) is 6.95. The van der Waals surface area contributed by atoms with Crippen LogP contribution in [-0.2, 0) is 0 Å². The van der Waals surface area contributed by atoms with Crippen molar-refractivity contribution in [2.45, 2.75) is 6.92 Å². The van der Waals surface area contributed by atoms with Crippen LogP contribution >= 0.6 is 0 Å². The Bertz CT molecular complexity index is 813. The maximum atomic E-state index is 12.0. The van der Waals surface area contributed by atoms with E-state index in [0.717, 1.165) is 5.56 Å². The molecule has 0 fully saturated rings. The molecule has 0 aliphatic carbocycles. The number of urea groups is 1. The number of benzene rings is 1.